The number of halogens is 1. The van der Waals surface area contributed by atoms with Crippen LogP contribution in [0.3, 0.4) is 0 Å². The normalized spacial score (nSPS) is 18.7. The van der Waals surface area contributed by atoms with Gasteiger partial charge in [-0.15, -0.1) is 0 Å². The van der Waals surface area contributed by atoms with Crippen LogP contribution in [0.5, 0.6) is 0 Å². The zero-order chi connectivity index (χ0) is 16.5. The molecule has 1 fully saturated rings. The van der Waals surface area contributed by atoms with Crippen molar-refractivity contribution in [3.63, 3.8) is 0 Å². The van der Waals surface area contributed by atoms with Crippen LogP contribution in [0.4, 0.5) is 10.1 Å². The van der Waals surface area contributed by atoms with Gasteiger partial charge in [0.15, 0.2) is 0 Å². The van der Waals surface area contributed by atoms with Gasteiger partial charge in [0.25, 0.3) is 0 Å². The summed E-state index contributed by atoms with van der Waals surface area (Å²) in [7, 11) is 0. The van der Waals surface area contributed by atoms with Gasteiger partial charge < -0.3 is 19.7 Å². The molecule has 1 aromatic rings. The Bertz CT molecular complexity index is 438. The van der Waals surface area contributed by atoms with Crippen LogP contribution >= 0.6 is 0 Å². The third kappa shape index (κ3) is 5.71. The van der Waals surface area contributed by atoms with Gasteiger partial charge in [0, 0.05) is 38.9 Å². The van der Waals surface area contributed by atoms with Gasteiger partial charge in [0.05, 0.1) is 24.3 Å². The molecule has 23 heavy (non-hydrogen) atoms. The summed E-state index contributed by atoms with van der Waals surface area (Å²) in [5.41, 5.74) is 1.79. The van der Waals surface area contributed by atoms with Gasteiger partial charge in [0.1, 0.15) is 0 Å². The molecule has 6 heteroatoms. The number of ether oxygens (including phenoxy) is 2. The molecular formula is C17H28FN3O2. The number of rotatable bonds is 10. The first-order valence-electron chi connectivity index (χ1n) is 8.50. The molecule has 0 bridgehead atoms. The fraction of sp³-hybridized carbons (Fsp3) is 0.706. The van der Waals surface area contributed by atoms with E-state index < -0.39 is 6.29 Å². The van der Waals surface area contributed by atoms with E-state index in [1.165, 1.54) is 0 Å². The summed E-state index contributed by atoms with van der Waals surface area (Å²) in [5.74, 6) is 0. The highest BCUT2D eigenvalue weighted by Gasteiger charge is 2.22. The largest absolute Gasteiger partial charge is 0.380 e. The lowest BCUT2D eigenvalue weighted by molar-refractivity contribution is -0.142. The lowest BCUT2D eigenvalue weighted by atomic mass is 10.2. The summed E-state index contributed by atoms with van der Waals surface area (Å²) < 4.78 is 23.3. The second-order valence-electron chi connectivity index (χ2n) is 5.69. The highest BCUT2D eigenvalue weighted by molar-refractivity contribution is 5.42. The number of nitrogens with one attached hydrogen (secondary N) is 1. The molecule has 1 saturated heterocycles. The third-order valence-corrected chi connectivity index (χ3v) is 3.92. The van der Waals surface area contributed by atoms with E-state index in [2.05, 4.69) is 15.2 Å². The van der Waals surface area contributed by atoms with Gasteiger partial charge in [-0.1, -0.05) is 0 Å². The summed E-state index contributed by atoms with van der Waals surface area (Å²) in [5, 5.41) is 3.50. The van der Waals surface area contributed by atoms with Crippen LogP contribution in [0.1, 0.15) is 38.7 Å². The molecule has 2 heterocycles. The minimum atomic E-state index is -0.401. The van der Waals surface area contributed by atoms with Gasteiger partial charge in [-0.25, -0.2) is 0 Å². The zero-order valence-electron chi connectivity index (χ0n) is 14.1. The Morgan fingerprint density at radius 3 is 2.74 bits per heavy atom. The molecule has 0 aromatic carbocycles. The Kier molecular flexibility index (Phi) is 7.71. The molecular weight excluding hydrogens is 297 g/mol. The molecule has 5 nitrogen and oxygen atoms in total. The Morgan fingerprint density at radius 2 is 2.13 bits per heavy atom. The number of pyridine rings is 1. The molecule has 1 aliphatic rings. The summed E-state index contributed by atoms with van der Waals surface area (Å²) >= 11 is 0. The summed E-state index contributed by atoms with van der Waals surface area (Å²) in [4.78, 5) is 6.76. The number of likely N-dealkylation sites (tertiary alicyclic amines) is 1. The average Bonchev–Trinajstić information content (AvgIpc) is 3.01. The van der Waals surface area contributed by atoms with E-state index in [0.717, 1.165) is 37.4 Å². The third-order valence-electron chi connectivity index (χ3n) is 3.92. The predicted octanol–water partition coefficient (Wildman–Crippen LogP) is 3.00. The van der Waals surface area contributed by atoms with Gasteiger partial charge >= 0.3 is 0 Å². The van der Waals surface area contributed by atoms with E-state index in [4.69, 9.17) is 9.47 Å². The average molecular weight is 325 g/mol. The van der Waals surface area contributed by atoms with Crippen molar-refractivity contribution in [2.24, 2.45) is 0 Å². The topological polar surface area (TPSA) is 46.6 Å². The second-order valence-corrected chi connectivity index (χ2v) is 5.69. The Morgan fingerprint density at radius 1 is 1.35 bits per heavy atom. The van der Waals surface area contributed by atoms with Gasteiger partial charge in [-0.2, -0.15) is 0 Å². The zero-order valence-corrected chi connectivity index (χ0v) is 14.1. The van der Waals surface area contributed by atoms with Crippen LogP contribution in [0.2, 0.25) is 0 Å². The van der Waals surface area contributed by atoms with E-state index in [1.54, 1.807) is 0 Å². The second kappa shape index (κ2) is 9.80. The lowest BCUT2D eigenvalue weighted by Gasteiger charge is -2.18. The molecule has 0 amide bonds. The van der Waals surface area contributed by atoms with Crippen molar-refractivity contribution in [1.29, 1.82) is 0 Å². The quantitative estimate of drug-likeness (QED) is 0.670. The molecule has 1 atom stereocenters. The van der Waals surface area contributed by atoms with Crippen LogP contribution in [-0.4, -0.2) is 55.4 Å². The molecule has 130 valence electrons. The first-order valence-corrected chi connectivity index (χ1v) is 8.50. The number of aromatic nitrogens is 1. The van der Waals surface area contributed by atoms with Crippen molar-refractivity contribution >= 4 is 5.69 Å². The van der Waals surface area contributed by atoms with E-state index >= 15 is 0 Å². The van der Waals surface area contributed by atoms with Crippen molar-refractivity contribution < 1.29 is 13.9 Å². The highest BCUT2D eigenvalue weighted by atomic mass is 19.1. The number of anilines is 1. The number of hydrogen-bond acceptors (Lipinski definition) is 5. The van der Waals surface area contributed by atoms with Crippen LogP contribution in [-0.2, 0) is 9.47 Å². The van der Waals surface area contributed by atoms with E-state index in [9.17, 15) is 4.39 Å². The molecule has 0 saturated carbocycles. The molecule has 1 aromatic heterocycles. The van der Waals surface area contributed by atoms with Gasteiger partial charge in [-0.3, -0.25) is 9.37 Å². The molecule has 0 radical (unpaired) electrons. The van der Waals surface area contributed by atoms with Crippen LogP contribution < -0.4 is 5.32 Å². The smallest absolute Gasteiger partial charge is 0.201 e. The molecule has 0 aliphatic carbocycles. The first kappa shape index (κ1) is 18.1. The minimum Gasteiger partial charge on any atom is -0.380 e. The van der Waals surface area contributed by atoms with E-state index in [0.29, 0.717) is 25.7 Å². The number of alkyl halides is 1. The van der Waals surface area contributed by atoms with Crippen LogP contribution in [0.25, 0.3) is 0 Å². The molecule has 1 unspecified atom stereocenters. The van der Waals surface area contributed by atoms with Crippen molar-refractivity contribution in [3.8, 4) is 0 Å². The van der Waals surface area contributed by atoms with Crippen molar-refractivity contribution in [1.82, 2.24) is 9.88 Å². The fourth-order valence-corrected chi connectivity index (χ4v) is 2.82. The minimum absolute atomic E-state index is 0.235. The van der Waals surface area contributed by atoms with Crippen molar-refractivity contribution in [2.75, 3.05) is 44.8 Å². The Balaban J connectivity index is 1.85. The van der Waals surface area contributed by atoms with Crippen molar-refractivity contribution in [2.45, 2.75) is 39.0 Å². The fourth-order valence-electron chi connectivity index (χ4n) is 2.82. The molecule has 0 spiro atoms. The van der Waals surface area contributed by atoms with E-state index in [1.807, 2.05) is 32.2 Å². The van der Waals surface area contributed by atoms with Crippen LogP contribution in [0.15, 0.2) is 18.3 Å². The lowest BCUT2D eigenvalue weighted by Crippen LogP contribution is -2.27. The molecule has 1 N–H and O–H groups in total. The monoisotopic (exact) mass is 325 g/mol. The summed E-state index contributed by atoms with van der Waals surface area (Å²) in [6, 6.07) is 4.35. The molecule has 2 rings (SSSR count). The van der Waals surface area contributed by atoms with Crippen LogP contribution in [0, 0.1) is 0 Å². The summed E-state index contributed by atoms with van der Waals surface area (Å²) in [6.07, 6.45) is 3.12. The first-order chi connectivity index (χ1) is 11.3. The Hall–Kier alpha value is -1.24. The number of hydrogen-bond donors (Lipinski definition) is 1. The Labute approximate surface area is 138 Å². The predicted molar refractivity (Wildman–Crippen MR) is 89.3 cm³/mol. The standard InChI is InChI=1S/C17H28FN3O2/c1-3-22-17(23-4-2)16-7-6-14(12-19-16)20-15-8-11-21(13-15)10-5-9-18/h6-7,12,15,17,20H,3-5,8-11,13H2,1-2H3. The van der Waals surface area contributed by atoms with Gasteiger partial charge in [-0.05, 0) is 38.8 Å². The maximum absolute atomic E-state index is 12.2. The maximum Gasteiger partial charge on any atom is 0.201 e. The van der Waals surface area contributed by atoms with E-state index in [-0.39, 0.29) is 6.67 Å². The van der Waals surface area contributed by atoms with Crippen molar-refractivity contribution in [3.05, 3.63) is 24.0 Å². The maximum atomic E-state index is 12.2. The highest BCUT2D eigenvalue weighted by Crippen LogP contribution is 2.20. The van der Waals surface area contributed by atoms with Gasteiger partial charge in [0.2, 0.25) is 6.29 Å². The summed E-state index contributed by atoms with van der Waals surface area (Å²) in [6.45, 7) is 7.65. The number of nitrogens with zero attached hydrogens (tertiary/aromatic N) is 2. The molecule has 1 aliphatic heterocycles. The SMILES string of the molecule is CCOC(OCC)c1ccc(NC2CCN(CCCF)C2)cn1.